The first kappa shape index (κ1) is 23.0. The molecule has 0 N–H and O–H groups in total. The summed E-state index contributed by atoms with van der Waals surface area (Å²) in [5.74, 6) is 1.19. The van der Waals surface area contributed by atoms with Crippen molar-refractivity contribution in [3.8, 4) is 5.75 Å². The van der Waals surface area contributed by atoms with Crippen LogP contribution in [0.2, 0.25) is 5.02 Å². The molecule has 0 aliphatic carbocycles. The van der Waals surface area contributed by atoms with Crippen molar-refractivity contribution in [3.05, 3.63) is 58.9 Å². The molecule has 1 saturated heterocycles. The van der Waals surface area contributed by atoms with Crippen LogP contribution >= 0.6 is 11.6 Å². The van der Waals surface area contributed by atoms with Gasteiger partial charge in [0.2, 0.25) is 0 Å². The van der Waals surface area contributed by atoms with Crippen molar-refractivity contribution in [2.24, 2.45) is 5.92 Å². The molecule has 0 unspecified atom stereocenters. The van der Waals surface area contributed by atoms with Crippen molar-refractivity contribution in [3.63, 3.8) is 0 Å². The van der Waals surface area contributed by atoms with Crippen LogP contribution in [-0.2, 0) is 11.3 Å². The van der Waals surface area contributed by atoms with Gasteiger partial charge >= 0.3 is 0 Å². The van der Waals surface area contributed by atoms with Crippen molar-refractivity contribution >= 4 is 17.5 Å². The Morgan fingerprint density at radius 3 is 2.88 bits per heavy atom. The highest BCUT2D eigenvalue weighted by molar-refractivity contribution is 6.30. The number of benzene rings is 1. The molecule has 2 aliphatic rings. The van der Waals surface area contributed by atoms with E-state index in [-0.39, 0.29) is 12.0 Å². The van der Waals surface area contributed by atoms with E-state index in [0.29, 0.717) is 23.1 Å². The van der Waals surface area contributed by atoms with Gasteiger partial charge in [-0.2, -0.15) is 0 Å². The smallest absolute Gasteiger partial charge is 0.254 e. The summed E-state index contributed by atoms with van der Waals surface area (Å²) in [6, 6.07) is 11.4. The Morgan fingerprint density at radius 1 is 1.16 bits per heavy atom. The molecule has 2 aromatic rings. The number of ether oxygens (including phenoxy) is 2. The van der Waals surface area contributed by atoms with Crippen LogP contribution in [0.25, 0.3) is 0 Å². The minimum atomic E-state index is 0.0836. The molecule has 1 fully saturated rings. The minimum Gasteiger partial charge on any atom is -0.492 e. The lowest BCUT2D eigenvalue weighted by molar-refractivity contribution is -0.00676. The average molecular weight is 458 g/mol. The van der Waals surface area contributed by atoms with Crippen molar-refractivity contribution in [2.45, 2.75) is 38.3 Å². The van der Waals surface area contributed by atoms with Crippen molar-refractivity contribution in [2.75, 3.05) is 39.9 Å². The van der Waals surface area contributed by atoms with Crippen LogP contribution in [0.4, 0.5) is 0 Å². The van der Waals surface area contributed by atoms with Crippen LogP contribution in [0.5, 0.6) is 5.75 Å². The number of aromatic nitrogens is 1. The number of amides is 1. The highest BCUT2D eigenvalue weighted by Gasteiger charge is 2.31. The SMILES string of the molecule is CO[C@H]1CCN2C[C@H]1CCCCN(Cc1ccc(Cl)cn1)CCOc1cccc(c1)C2=O. The molecule has 32 heavy (non-hydrogen) atoms. The molecular formula is C25H32ClN3O3. The van der Waals surface area contributed by atoms with Gasteiger partial charge in [0.1, 0.15) is 12.4 Å². The fourth-order valence-electron chi connectivity index (χ4n) is 4.72. The second-order valence-electron chi connectivity index (χ2n) is 8.69. The second kappa shape index (κ2) is 11.1. The summed E-state index contributed by atoms with van der Waals surface area (Å²) in [5.41, 5.74) is 1.69. The Labute approximate surface area is 195 Å². The van der Waals surface area contributed by atoms with Gasteiger partial charge in [-0.3, -0.25) is 14.7 Å². The number of hydrogen-bond acceptors (Lipinski definition) is 5. The molecular weight excluding hydrogens is 426 g/mol. The normalized spacial score (nSPS) is 23.2. The lowest BCUT2D eigenvalue weighted by Crippen LogP contribution is -2.46. The standard InChI is InChI=1S/C25H32ClN3O3/c1-31-24-10-12-29-17-20(24)5-2-3-11-28(18-22-9-8-21(26)16-27-22)13-14-32-23-7-4-6-19(15-23)25(29)30/h4,6-9,15-16,20,24H,2-3,5,10-14,17-18H2,1H3/t20-,24+/m1/s1. The number of carbonyl (C=O) groups is 1. The van der Waals surface area contributed by atoms with Crippen LogP contribution in [0.15, 0.2) is 42.6 Å². The number of carbonyl (C=O) groups excluding carboxylic acids is 1. The second-order valence-corrected chi connectivity index (χ2v) is 9.13. The summed E-state index contributed by atoms with van der Waals surface area (Å²) < 4.78 is 11.8. The van der Waals surface area contributed by atoms with Crippen LogP contribution in [-0.4, -0.2) is 66.7 Å². The number of halogens is 1. The zero-order valence-corrected chi connectivity index (χ0v) is 19.5. The van der Waals surface area contributed by atoms with E-state index in [9.17, 15) is 4.79 Å². The van der Waals surface area contributed by atoms with Gasteiger partial charge in [-0.15, -0.1) is 0 Å². The van der Waals surface area contributed by atoms with E-state index in [1.165, 1.54) is 0 Å². The molecule has 172 valence electrons. The van der Waals surface area contributed by atoms with Gasteiger partial charge in [-0.25, -0.2) is 0 Å². The van der Waals surface area contributed by atoms with Gasteiger partial charge < -0.3 is 14.4 Å². The van der Waals surface area contributed by atoms with Gasteiger partial charge in [-0.1, -0.05) is 24.1 Å². The summed E-state index contributed by atoms with van der Waals surface area (Å²) in [5, 5.41) is 0.651. The predicted molar refractivity (Wildman–Crippen MR) is 125 cm³/mol. The van der Waals surface area contributed by atoms with Crippen molar-refractivity contribution < 1.29 is 14.3 Å². The first-order valence-corrected chi connectivity index (χ1v) is 11.9. The zero-order valence-electron chi connectivity index (χ0n) is 18.7. The number of pyridine rings is 1. The number of fused-ring (bicyclic) bond motifs is 4. The molecule has 6 nitrogen and oxygen atoms in total. The Kier molecular flexibility index (Phi) is 8.00. The fraction of sp³-hybridized carbons (Fsp3) is 0.520. The largest absolute Gasteiger partial charge is 0.492 e. The summed E-state index contributed by atoms with van der Waals surface area (Å²) in [6.07, 6.45) is 6.05. The van der Waals surface area contributed by atoms with Crippen molar-refractivity contribution in [1.29, 1.82) is 0 Å². The van der Waals surface area contributed by atoms with E-state index in [0.717, 1.165) is 69.9 Å². The molecule has 1 aromatic carbocycles. The lowest BCUT2D eigenvalue weighted by Gasteiger charge is -2.38. The highest BCUT2D eigenvalue weighted by atomic mass is 35.5. The Bertz CT molecular complexity index is 892. The molecule has 4 bridgehead atoms. The van der Waals surface area contributed by atoms with E-state index < -0.39 is 0 Å². The summed E-state index contributed by atoms with van der Waals surface area (Å²) in [6.45, 7) is 4.57. The summed E-state index contributed by atoms with van der Waals surface area (Å²) in [4.78, 5) is 22.0. The Balaban J connectivity index is 1.50. The summed E-state index contributed by atoms with van der Waals surface area (Å²) >= 11 is 5.99. The molecule has 1 aromatic heterocycles. The molecule has 0 spiro atoms. The Morgan fingerprint density at radius 2 is 2.06 bits per heavy atom. The number of piperidine rings is 1. The predicted octanol–water partition coefficient (Wildman–Crippen LogP) is 4.28. The van der Waals surface area contributed by atoms with E-state index in [4.69, 9.17) is 21.1 Å². The lowest BCUT2D eigenvalue weighted by atomic mass is 9.89. The first-order chi connectivity index (χ1) is 15.6. The molecule has 7 heteroatoms. The maximum atomic E-state index is 13.1. The number of nitrogens with zero attached hydrogens (tertiary/aromatic N) is 3. The van der Waals surface area contributed by atoms with Crippen LogP contribution < -0.4 is 4.74 Å². The van der Waals surface area contributed by atoms with Crippen LogP contribution in [0, 0.1) is 5.92 Å². The molecule has 4 rings (SSSR count). The van der Waals surface area contributed by atoms with Crippen LogP contribution in [0.3, 0.4) is 0 Å². The van der Waals surface area contributed by atoms with Gasteiger partial charge in [0.25, 0.3) is 5.91 Å². The first-order valence-electron chi connectivity index (χ1n) is 11.5. The molecule has 2 aliphatic heterocycles. The quantitative estimate of drug-likeness (QED) is 0.688. The minimum absolute atomic E-state index is 0.0836. The maximum absolute atomic E-state index is 13.1. The van der Waals surface area contributed by atoms with Gasteiger partial charge in [-0.05, 0) is 56.1 Å². The zero-order chi connectivity index (χ0) is 22.3. The highest BCUT2D eigenvalue weighted by Crippen LogP contribution is 2.27. The third kappa shape index (κ3) is 6.00. The topological polar surface area (TPSA) is 54.9 Å². The fourth-order valence-corrected chi connectivity index (χ4v) is 4.83. The van der Waals surface area contributed by atoms with E-state index in [2.05, 4.69) is 9.88 Å². The van der Waals surface area contributed by atoms with Crippen molar-refractivity contribution in [1.82, 2.24) is 14.8 Å². The number of rotatable bonds is 3. The van der Waals surface area contributed by atoms with Crippen LogP contribution in [0.1, 0.15) is 41.7 Å². The molecule has 0 radical (unpaired) electrons. The molecule has 3 heterocycles. The third-order valence-corrected chi connectivity index (χ3v) is 6.71. The Hall–Kier alpha value is -2.15. The molecule has 1 amide bonds. The van der Waals surface area contributed by atoms with Gasteiger partial charge in [0.05, 0.1) is 16.8 Å². The van der Waals surface area contributed by atoms with E-state index in [1.54, 1.807) is 13.3 Å². The maximum Gasteiger partial charge on any atom is 0.254 e. The number of hydrogen-bond donors (Lipinski definition) is 0. The monoisotopic (exact) mass is 457 g/mol. The average Bonchev–Trinajstić information content (AvgIpc) is 2.82. The molecule has 2 atom stereocenters. The van der Waals surface area contributed by atoms with Gasteiger partial charge in [0.15, 0.2) is 0 Å². The number of methoxy groups -OCH3 is 1. The van der Waals surface area contributed by atoms with Gasteiger partial charge in [0, 0.05) is 51.0 Å². The third-order valence-electron chi connectivity index (χ3n) is 6.48. The van der Waals surface area contributed by atoms with E-state index >= 15 is 0 Å². The summed E-state index contributed by atoms with van der Waals surface area (Å²) in [7, 11) is 1.79. The van der Waals surface area contributed by atoms with E-state index in [1.807, 2.05) is 41.3 Å². The molecule has 0 saturated carbocycles.